The average molecular weight is 266 g/mol. The van der Waals surface area contributed by atoms with Gasteiger partial charge in [0.2, 0.25) is 0 Å². The van der Waals surface area contributed by atoms with Gasteiger partial charge in [-0.05, 0) is 56.3 Å². The van der Waals surface area contributed by atoms with Gasteiger partial charge >= 0.3 is 0 Å². The van der Waals surface area contributed by atoms with Gasteiger partial charge in [0.15, 0.2) is 0 Å². The molecule has 4 aliphatic carbocycles. The smallest absolute Gasteiger partial charge is 0.108 e. The Morgan fingerprint density at radius 1 is 1.00 bits per heavy atom. The van der Waals surface area contributed by atoms with Crippen LogP contribution in [0.15, 0.2) is 0 Å². The van der Waals surface area contributed by atoms with Crippen molar-refractivity contribution in [3.8, 4) is 0 Å². The molecule has 5 rings (SSSR count). The van der Waals surface area contributed by atoms with Crippen LogP contribution in [0, 0.1) is 23.2 Å². The lowest BCUT2D eigenvalue weighted by Gasteiger charge is -2.58. The van der Waals surface area contributed by atoms with E-state index in [2.05, 4.69) is 0 Å². The van der Waals surface area contributed by atoms with Crippen molar-refractivity contribution in [2.75, 3.05) is 32.8 Å². The van der Waals surface area contributed by atoms with Crippen molar-refractivity contribution < 1.29 is 14.7 Å². The lowest BCUT2D eigenvalue weighted by molar-refractivity contribution is -0.912. The second-order valence-corrected chi connectivity index (χ2v) is 7.86. The van der Waals surface area contributed by atoms with Crippen molar-refractivity contribution in [2.24, 2.45) is 23.2 Å². The summed E-state index contributed by atoms with van der Waals surface area (Å²) in [5.74, 6) is 2.83. The van der Waals surface area contributed by atoms with Crippen molar-refractivity contribution in [1.29, 1.82) is 0 Å². The summed E-state index contributed by atoms with van der Waals surface area (Å²) in [4.78, 5) is 1.56. The molecular weight excluding hydrogens is 238 g/mol. The van der Waals surface area contributed by atoms with Crippen LogP contribution in [0.25, 0.3) is 0 Å². The van der Waals surface area contributed by atoms with Crippen molar-refractivity contribution in [1.82, 2.24) is 0 Å². The second kappa shape index (κ2) is 4.71. The fraction of sp³-hybridized carbons (Fsp3) is 1.00. The number of rotatable bonds is 3. The molecular formula is C16H28NO2+. The standard InChI is InChI=1S/C16H27NO2/c18-15(11-17-1-3-19-4-2-17)16-8-12-5-13(9-16)7-14(6-12)10-16/h12-15,18H,1-11H2/p+1/t12?,13?,14?,15-,16?/m0/s1. The van der Waals surface area contributed by atoms with E-state index in [1.807, 2.05) is 0 Å². The summed E-state index contributed by atoms with van der Waals surface area (Å²) < 4.78 is 5.43. The molecule has 1 heterocycles. The third kappa shape index (κ3) is 2.24. The molecule has 4 saturated carbocycles. The van der Waals surface area contributed by atoms with Gasteiger partial charge in [0, 0.05) is 5.41 Å². The lowest BCUT2D eigenvalue weighted by atomic mass is 9.48. The molecule has 1 saturated heterocycles. The Balaban J connectivity index is 1.45. The van der Waals surface area contributed by atoms with Crippen LogP contribution < -0.4 is 4.90 Å². The Kier molecular flexibility index (Phi) is 3.13. The molecule has 0 spiro atoms. The van der Waals surface area contributed by atoms with E-state index < -0.39 is 0 Å². The molecule has 5 fully saturated rings. The Morgan fingerprint density at radius 2 is 1.53 bits per heavy atom. The molecule has 2 N–H and O–H groups in total. The van der Waals surface area contributed by atoms with Gasteiger partial charge in [0.25, 0.3) is 0 Å². The molecule has 0 unspecified atom stereocenters. The minimum atomic E-state index is -0.0611. The van der Waals surface area contributed by atoms with Crippen molar-refractivity contribution in [2.45, 2.75) is 44.6 Å². The van der Waals surface area contributed by atoms with Gasteiger partial charge in [-0.3, -0.25) is 0 Å². The van der Waals surface area contributed by atoms with Gasteiger partial charge in [-0.25, -0.2) is 0 Å². The first-order chi connectivity index (χ1) is 9.23. The molecule has 3 nitrogen and oxygen atoms in total. The maximum absolute atomic E-state index is 10.9. The van der Waals surface area contributed by atoms with E-state index in [9.17, 15) is 5.11 Å². The van der Waals surface area contributed by atoms with E-state index in [0.717, 1.165) is 50.6 Å². The molecule has 19 heavy (non-hydrogen) atoms. The minimum absolute atomic E-state index is 0.0611. The Hall–Kier alpha value is -0.120. The quantitative estimate of drug-likeness (QED) is 0.779. The fourth-order valence-corrected chi connectivity index (χ4v) is 5.94. The molecule has 5 aliphatic rings. The van der Waals surface area contributed by atoms with Gasteiger partial charge in [0.1, 0.15) is 25.7 Å². The van der Waals surface area contributed by atoms with Crippen LogP contribution in [0.3, 0.4) is 0 Å². The molecule has 0 aromatic heterocycles. The fourth-order valence-electron chi connectivity index (χ4n) is 5.94. The molecule has 1 aliphatic heterocycles. The first kappa shape index (κ1) is 12.6. The van der Waals surface area contributed by atoms with Crippen molar-refractivity contribution in [3.63, 3.8) is 0 Å². The Bertz CT molecular complexity index is 302. The molecule has 1 atom stereocenters. The zero-order valence-corrected chi connectivity index (χ0v) is 11.9. The third-order valence-corrected chi connectivity index (χ3v) is 6.47. The summed E-state index contributed by atoms with van der Waals surface area (Å²) >= 11 is 0. The highest BCUT2D eigenvalue weighted by molar-refractivity contribution is 5.04. The van der Waals surface area contributed by atoms with E-state index >= 15 is 0 Å². The first-order valence-corrected chi connectivity index (χ1v) is 8.33. The van der Waals surface area contributed by atoms with Crippen LogP contribution in [-0.4, -0.2) is 44.1 Å². The summed E-state index contributed by atoms with van der Waals surface area (Å²) in [6.45, 7) is 4.90. The van der Waals surface area contributed by atoms with Crippen molar-refractivity contribution >= 4 is 0 Å². The largest absolute Gasteiger partial charge is 0.387 e. The van der Waals surface area contributed by atoms with Crippen LogP contribution in [0.1, 0.15) is 38.5 Å². The van der Waals surface area contributed by atoms with Gasteiger partial charge in [0.05, 0.1) is 13.2 Å². The molecule has 0 amide bonds. The zero-order valence-electron chi connectivity index (χ0n) is 11.9. The SMILES string of the molecule is O[C@@H](C[NH+]1CCOCC1)C12CC3CC(CC(C3)C1)C2. The third-order valence-electron chi connectivity index (χ3n) is 6.47. The maximum Gasteiger partial charge on any atom is 0.108 e. The summed E-state index contributed by atoms with van der Waals surface area (Å²) in [5, 5.41) is 10.9. The van der Waals surface area contributed by atoms with Crippen LogP contribution in [0.4, 0.5) is 0 Å². The monoisotopic (exact) mass is 266 g/mol. The number of morpholine rings is 1. The van der Waals surface area contributed by atoms with Crippen molar-refractivity contribution in [3.05, 3.63) is 0 Å². The number of aliphatic hydroxyl groups excluding tert-OH is 1. The van der Waals surface area contributed by atoms with Gasteiger partial charge in [-0.1, -0.05) is 0 Å². The van der Waals surface area contributed by atoms with E-state index in [4.69, 9.17) is 4.74 Å². The predicted molar refractivity (Wildman–Crippen MR) is 73.0 cm³/mol. The Morgan fingerprint density at radius 3 is 2.05 bits per heavy atom. The van der Waals surface area contributed by atoms with Crippen LogP contribution in [0.5, 0.6) is 0 Å². The topological polar surface area (TPSA) is 33.9 Å². The molecule has 0 radical (unpaired) electrons. The summed E-state index contributed by atoms with van der Waals surface area (Å²) in [6.07, 6.45) is 8.31. The molecule has 108 valence electrons. The highest BCUT2D eigenvalue weighted by Gasteiger charge is 2.54. The number of aliphatic hydroxyl groups is 1. The van der Waals surface area contributed by atoms with Crippen LogP contribution >= 0.6 is 0 Å². The van der Waals surface area contributed by atoms with E-state index in [1.54, 1.807) is 4.90 Å². The number of quaternary nitrogens is 1. The minimum Gasteiger partial charge on any atom is -0.387 e. The van der Waals surface area contributed by atoms with E-state index in [-0.39, 0.29) is 6.10 Å². The average Bonchev–Trinajstić information content (AvgIpc) is 2.38. The normalized spacial score (nSPS) is 47.5. The number of hydrogen-bond acceptors (Lipinski definition) is 2. The molecule has 3 heteroatoms. The highest BCUT2D eigenvalue weighted by atomic mass is 16.5. The Labute approximate surface area is 116 Å². The number of nitrogens with one attached hydrogen (secondary N) is 1. The highest BCUT2D eigenvalue weighted by Crippen LogP contribution is 2.61. The molecule has 4 bridgehead atoms. The maximum atomic E-state index is 10.9. The first-order valence-electron chi connectivity index (χ1n) is 8.33. The van der Waals surface area contributed by atoms with E-state index in [1.165, 1.54) is 38.5 Å². The van der Waals surface area contributed by atoms with E-state index in [0.29, 0.717) is 5.41 Å². The van der Waals surface area contributed by atoms with Crippen LogP contribution in [0.2, 0.25) is 0 Å². The summed E-state index contributed by atoms with van der Waals surface area (Å²) in [6, 6.07) is 0. The predicted octanol–water partition coefficient (Wildman–Crippen LogP) is 0.479. The number of ether oxygens (including phenoxy) is 1. The summed E-state index contributed by atoms with van der Waals surface area (Å²) in [5.41, 5.74) is 0.306. The van der Waals surface area contributed by atoms with Gasteiger partial charge < -0.3 is 14.7 Å². The van der Waals surface area contributed by atoms with Gasteiger partial charge in [-0.15, -0.1) is 0 Å². The lowest BCUT2D eigenvalue weighted by Crippen LogP contribution is -3.15. The zero-order chi connectivity index (χ0) is 12.9. The number of hydrogen-bond donors (Lipinski definition) is 2. The molecule has 0 aromatic rings. The second-order valence-electron chi connectivity index (χ2n) is 7.86. The van der Waals surface area contributed by atoms with Crippen LogP contribution in [-0.2, 0) is 4.74 Å². The molecule has 0 aromatic carbocycles. The summed E-state index contributed by atoms with van der Waals surface area (Å²) in [7, 11) is 0. The van der Waals surface area contributed by atoms with Gasteiger partial charge in [-0.2, -0.15) is 0 Å².